The molecule has 5 heteroatoms. The number of nitrogens with zero attached hydrogens (tertiary/aromatic N) is 3. The van der Waals surface area contributed by atoms with Gasteiger partial charge in [0.15, 0.2) is 18.0 Å². The normalized spacial score (nSPS) is 16.9. The summed E-state index contributed by atoms with van der Waals surface area (Å²) in [6.45, 7) is 19.3. The van der Waals surface area contributed by atoms with Crippen molar-refractivity contribution in [2.75, 3.05) is 0 Å². The molecule has 6 heterocycles. The van der Waals surface area contributed by atoms with Crippen molar-refractivity contribution in [2.24, 2.45) is 0 Å². The van der Waals surface area contributed by atoms with E-state index in [4.69, 9.17) is 16.0 Å². The highest BCUT2D eigenvalue weighted by Gasteiger charge is 2.48. The average Bonchev–Trinajstić information content (AvgIpc) is 3.53. The zero-order chi connectivity index (χ0) is 35.2. The standard InChI is InChI=1S/C46H45N3OSi/c1-28(2)37-25-38-35-17-12-11-16-34(35)36-21-20-32-26-47-44-43-33(31-14-9-8-10-15-31)18-13-19-40(43)50-46(44)42(32)39-24-29(3)22-23-48(39)30(4)45(36)49(38)27-41(37)51(5,6)7/h8-19,22-28,36,45H,4,20-21H2,1-3,5-7H3/q+2. The monoisotopic (exact) mass is 683 g/mol. The molecule has 2 unspecified atom stereocenters. The van der Waals surface area contributed by atoms with E-state index in [1.165, 1.54) is 38.7 Å². The van der Waals surface area contributed by atoms with Gasteiger partial charge in [-0.25, -0.2) is 0 Å². The molecule has 0 saturated carbocycles. The van der Waals surface area contributed by atoms with Crippen LogP contribution in [-0.2, 0) is 6.42 Å². The van der Waals surface area contributed by atoms with Crippen LogP contribution < -0.4 is 14.3 Å². The Labute approximate surface area is 301 Å². The van der Waals surface area contributed by atoms with Gasteiger partial charge in [0.1, 0.15) is 11.1 Å². The van der Waals surface area contributed by atoms with Crippen molar-refractivity contribution in [1.82, 2.24) is 4.98 Å². The summed E-state index contributed by atoms with van der Waals surface area (Å²) in [5.41, 5.74) is 16.1. The van der Waals surface area contributed by atoms with Gasteiger partial charge in [-0.15, -0.1) is 0 Å². The van der Waals surface area contributed by atoms with Crippen LogP contribution in [0.1, 0.15) is 60.4 Å². The molecule has 0 radical (unpaired) electrons. The van der Waals surface area contributed by atoms with Crippen molar-refractivity contribution in [2.45, 2.75) is 71.1 Å². The lowest BCUT2D eigenvalue weighted by molar-refractivity contribution is -0.726. The predicted molar refractivity (Wildman–Crippen MR) is 212 cm³/mol. The van der Waals surface area contributed by atoms with Crippen LogP contribution in [0.5, 0.6) is 0 Å². The molecule has 0 aliphatic carbocycles. The Morgan fingerprint density at radius 3 is 2.43 bits per heavy atom. The topological polar surface area (TPSA) is 33.8 Å². The molecule has 2 aliphatic rings. The van der Waals surface area contributed by atoms with E-state index in [9.17, 15) is 0 Å². The van der Waals surface area contributed by atoms with Gasteiger partial charge < -0.3 is 4.42 Å². The lowest BCUT2D eigenvalue weighted by Gasteiger charge is -2.32. The summed E-state index contributed by atoms with van der Waals surface area (Å²) in [7, 11) is -1.69. The number of hydrogen-bond donors (Lipinski definition) is 0. The molecular formula is C46H45N3OSi+2. The van der Waals surface area contributed by atoms with E-state index in [-0.39, 0.29) is 12.0 Å². The van der Waals surface area contributed by atoms with Crippen LogP contribution in [0.3, 0.4) is 0 Å². The molecule has 0 bridgehead atoms. The maximum Gasteiger partial charge on any atom is 0.249 e. The Bertz CT molecular complexity index is 2540. The summed E-state index contributed by atoms with van der Waals surface area (Å²) in [5.74, 6) is 0.675. The van der Waals surface area contributed by atoms with E-state index in [0.29, 0.717) is 5.92 Å². The molecule has 4 aromatic heterocycles. The Balaban J connectivity index is 1.33. The molecule has 0 N–H and O–H groups in total. The van der Waals surface area contributed by atoms with Crippen LogP contribution in [0.15, 0.2) is 121 Å². The van der Waals surface area contributed by atoms with Gasteiger partial charge in [-0.2, -0.15) is 9.13 Å². The molecule has 252 valence electrons. The van der Waals surface area contributed by atoms with Gasteiger partial charge in [-0.3, -0.25) is 4.98 Å². The number of furan rings is 1. The van der Waals surface area contributed by atoms with Crippen molar-refractivity contribution >= 4 is 41.0 Å². The second-order valence-electron chi connectivity index (χ2n) is 16.0. The van der Waals surface area contributed by atoms with E-state index < -0.39 is 8.07 Å². The number of rotatable bonds is 3. The van der Waals surface area contributed by atoms with Crippen LogP contribution in [0.25, 0.3) is 61.4 Å². The van der Waals surface area contributed by atoms with Crippen LogP contribution in [0.4, 0.5) is 0 Å². The van der Waals surface area contributed by atoms with Crippen LogP contribution in [0.2, 0.25) is 19.6 Å². The molecule has 4 nitrogen and oxygen atoms in total. The maximum atomic E-state index is 6.90. The van der Waals surface area contributed by atoms with Crippen LogP contribution in [-0.4, -0.2) is 13.1 Å². The minimum atomic E-state index is -1.69. The third kappa shape index (κ3) is 4.96. The molecule has 0 saturated heterocycles. The lowest BCUT2D eigenvalue weighted by atomic mass is 9.78. The number of fused-ring (bicyclic) bond motifs is 13. The first-order valence-electron chi connectivity index (χ1n) is 18.4. The Hall–Kier alpha value is -5.13. The number of benzene rings is 3. The van der Waals surface area contributed by atoms with Gasteiger partial charge in [-0.05, 0) is 77.8 Å². The highest BCUT2D eigenvalue weighted by molar-refractivity contribution is 6.89. The van der Waals surface area contributed by atoms with E-state index in [1.807, 2.05) is 0 Å². The van der Waals surface area contributed by atoms with Crippen LogP contribution >= 0.6 is 0 Å². The summed E-state index contributed by atoms with van der Waals surface area (Å²) in [6, 6.07) is 33.1. The van der Waals surface area contributed by atoms with E-state index in [1.54, 1.807) is 0 Å². The summed E-state index contributed by atoms with van der Waals surface area (Å²) in [4.78, 5) is 5.21. The van der Waals surface area contributed by atoms with Gasteiger partial charge in [0.05, 0.1) is 24.9 Å². The fraction of sp³-hybridized carbons (Fsp3) is 0.239. The van der Waals surface area contributed by atoms with Crippen molar-refractivity contribution in [3.8, 4) is 33.6 Å². The zero-order valence-electron chi connectivity index (χ0n) is 30.5. The third-order valence-corrected chi connectivity index (χ3v) is 13.3. The number of aryl methyl sites for hydroxylation is 2. The van der Waals surface area contributed by atoms with Gasteiger partial charge >= 0.3 is 0 Å². The second kappa shape index (κ2) is 11.7. The molecule has 0 spiro atoms. The van der Waals surface area contributed by atoms with Gasteiger partial charge in [-0.1, -0.05) is 94.2 Å². The Kier molecular flexibility index (Phi) is 7.31. The first kappa shape index (κ1) is 31.8. The Morgan fingerprint density at radius 1 is 0.882 bits per heavy atom. The molecule has 2 aliphatic heterocycles. The molecular weight excluding hydrogens is 639 g/mol. The fourth-order valence-corrected chi connectivity index (χ4v) is 10.6. The first-order chi connectivity index (χ1) is 24.6. The summed E-state index contributed by atoms with van der Waals surface area (Å²) in [5, 5.41) is 2.60. The van der Waals surface area contributed by atoms with E-state index >= 15 is 0 Å². The minimum Gasteiger partial charge on any atom is -0.453 e. The van der Waals surface area contributed by atoms with Crippen molar-refractivity contribution in [3.63, 3.8) is 0 Å². The molecule has 0 fully saturated rings. The van der Waals surface area contributed by atoms with E-state index in [2.05, 4.69) is 159 Å². The predicted octanol–water partition coefficient (Wildman–Crippen LogP) is 10.3. The first-order valence-corrected chi connectivity index (χ1v) is 21.9. The SMILES string of the molecule is C=C1C2C(CCc3cnc4c(oc5cccc(-c6ccccc6)c54)c3-c3cc(C)cc[n+]31)c1ccccc1-c1cc(C(C)C)c([Si](C)(C)C)c[n+]12. The lowest BCUT2D eigenvalue weighted by Crippen LogP contribution is -2.57. The van der Waals surface area contributed by atoms with Crippen molar-refractivity contribution < 1.29 is 13.6 Å². The molecule has 3 aromatic carbocycles. The quantitative estimate of drug-likeness (QED) is 0.137. The number of aromatic nitrogens is 3. The van der Waals surface area contributed by atoms with Crippen molar-refractivity contribution in [1.29, 1.82) is 0 Å². The fourth-order valence-electron chi connectivity index (χ4n) is 8.87. The van der Waals surface area contributed by atoms with Crippen molar-refractivity contribution in [3.05, 3.63) is 138 Å². The maximum absolute atomic E-state index is 6.90. The summed E-state index contributed by atoms with van der Waals surface area (Å²) >= 11 is 0. The molecule has 7 aromatic rings. The Morgan fingerprint density at radius 2 is 1.65 bits per heavy atom. The van der Waals surface area contributed by atoms with Gasteiger partial charge in [0.2, 0.25) is 23.1 Å². The third-order valence-electron chi connectivity index (χ3n) is 11.3. The average molecular weight is 684 g/mol. The molecule has 2 atom stereocenters. The smallest absolute Gasteiger partial charge is 0.249 e. The zero-order valence-corrected chi connectivity index (χ0v) is 31.5. The van der Waals surface area contributed by atoms with E-state index in [0.717, 1.165) is 63.0 Å². The highest BCUT2D eigenvalue weighted by atomic mass is 28.3. The number of hydrogen-bond acceptors (Lipinski definition) is 2. The van der Waals surface area contributed by atoms with Gasteiger partial charge in [0.25, 0.3) is 0 Å². The molecule has 0 amide bonds. The number of allylic oxidation sites excluding steroid dienone is 1. The largest absolute Gasteiger partial charge is 0.453 e. The highest BCUT2D eigenvalue weighted by Crippen LogP contribution is 2.47. The molecule has 9 rings (SSSR count). The molecule has 51 heavy (non-hydrogen) atoms. The summed E-state index contributed by atoms with van der Waals surface area (Å²) in [6.07, 6.45) is 8.71. The summed E-state index contributed by atoms with van der Waals surface area (Å²) < 4.78 is 11.9. The minimum absolute atomic E-state index is 0.0378. The number of pyridine rings is 3. The second-order valence-corrected chi connectivity index (χ2v) is 21.0. The van der Waals surface area contributed by atoms with Gasteiger partial charge in [0, 0.05) is 35.1 Å². The van der Waals surface area contributed by atoms with Crippen LogP contribution in [0, 0.1) is 6.92 Å².